The molecule has 0 aliphatic carbocycles. The minimum absolute atomic E-state index is 0. The second kappa shape index (κ2) is 8.34. The molecule has 2 aliphatic rings. The molecule has 0 bridgehead atoms. The summed E-state index contributed by atoms with van der Waals surface area (Å²) >= 11 is 1.17. The van der Waals surface area contributed by atoms with Crippen molar-refractivity contribution in [1.82, 2.24) is 10.2 Å². The number of amides is 2. The van der Waals surface area contributed by atoms with Gasteiger partial charge in [0, 0.05) is 30.6 Å². The van der Waals surface area contributed by atoms with E-state index >= 15 is 0 Å². The number of carboxylic acid groups (broad SMARTS) is 1. The number of aliphatic hydroxyl groups is 1. The fourth-order valence-corrected chi connectivity index (χ4v) is 3.71. The zero-order chi connectivity index (χ0) is 16.4. The van der Waals surface area contributed by atoms with Crippen LogP contribution in [0.15, 0.2) is 21.7 Å². The Labute approximate surface area is 160 Å². The molecule has 0 aromatic heterocycles. The summed E-state index contributed by atoms with van der Waals surface area (Å²) in [6, 6.07) is -0.218. The number of fused-ring (bicyclic) bond motifs is 1. The maximum absolute atomic E-state index is 12.0. The molecule has 120 valence electrons. The summed E-state index contributed by atoms with van der Waals surface area (Å²) < 4.78 is 0. The van der Waals surface area contributed by atoms with Crippen LogP contribution in [-0.4, -0.2) is 40.4 Å². The van der Waals surface area contributed by atoms with Crippen LogP contribution < -0.4 is 40.0 Å². The van der Waals surface area contributed by atoms with Crippen LogP contribution >= 0.6 is 11.8 Å². The molecule has 2 aliphatic heterocycles. The fraction of sp³-hybridized carbons (Fsp3) is 0.500. The van der Waals surface area contributed by atoms with Gasteiger partial charge in [0.1, 0.15) is 0 Å². The molecule has 0 aromatic rings. The van der Waals surface area contributed by atoms with Crippen molar-refractivity contribution in [2.45, 2.75) is 32.7 Å². The molecule has 0 radical (unpaired) electrons. The van der Waals surface area contributed by atoms with Crippen molar-refractivity contribution >= 4 is 29.5 Å². The quantitative estimate of drug-likeness (QED) is 0.378. The normalized spacial score (nSPS) is 23.2. The number of carbonyl (C=O) groups excluding carboxylic acids is 3. The summed E-state index contributed by atoms with van der Waals surface area (Å²) in [5, 5.41) is 24.5. The standard InChI is InChI=1S/C14H18N2O5S.Na/c1-7(15-8(2)18)6-22-11-5-10-9(3-4-17)13(19)16(10)12(11)14(20)21;/h6,9-10,17H,3-5H2,1-2H3,(H,15,18)(H,20,21);/q;+1/p-1/t9-,10+;/m0./s1. The first kappa shape index (κ1) is 20.2. The van der Waals surface area contributed by atoms with E-state index < -0.39 is 5.97 Å². The first-order chi connectivity index (χ1) is 10.4. The average Bonchev–Trinajstić information content (AvgIpc) is 2.77. The Bertz CT molecular complexity index is 590. The molecule has 7 nitrogen and oxygen atoms in total. The minimum atomic E-state index is -1.38. The van der Waals surface area contributed by atoms with Gasteiger partial charge in [0.05, 0.1) is 23.6 Å². The van der Waals surface area contributed by atoms with E-state index in [4.69, 9.17) is 5.11 Å². The molecule has 2 amide bonds. The van der Waals surface area contributed by atoms with Gasteiger partial charge in [-0.2, -0.15) is 0 Å². The van der Waals surface area contributed by atoms with Crippen LogP contribution in [0.1, 0.15) is 26.7 Å². The number of carboxylic acids is 1. The number of nitrogens with one attached hydrogen (secondary N) is 1. The van der Waals surface area contributed by atoms with Crippen molar-refractivity contribution in [2.24, 2.45) is 5.92 Å². The Morgan fingerprint density at radius 1 is 1.48 bits per heavy atom. The predicted molar refractivity (Wildman–Crippen MR) is 77.6 cm³/mol. The second-order valence-corrected chi connectivity index (χ2v) is 6.22. The maximum atomic E-state index is 12.0. The third-order valence-corrected chi connectivity index (χ3v) is 4.75. The Balaban J connectivity index is 0.00000264. The van der Waals surface area contributed by atoms with E-state index in [1.54, 1.807) is 12.3 Å². The molecule has 1 saturated heterocycles. The Kier molecular flexibility index (Phi) is 7.34. The van der Waals surface area contributed by atoms with E-state index in [1.165, 1.54) is 23.6 Å². The third-order valence-electron chi connectivity index (χ3n) is 3.63. The van der Waals surface area contributed by atoms with E-state index in [2.05, 4.69) is 5.32 Å². The molecule has 2 atom stereocenters. The van der Waals surface area contributed by atoms with Crippen LogP contribution in [0.25, 0.3) is 0 Å². The summed E-state index contributed by atoms with van der Waals surface area (Å²) in [6.07, 6.45) is 0.757. The molecule has 0 spiro atoms. The van der Waals surface area contributed by atoms with Crippen LogP contribution in [0.5, 0.6) is 0 Å². The van der Waals surface area contributed by atoms with Gasteiger partial charge in [-0.15, -0.1) is 0 Å². The Hall–Kier alpha value is -0.800. The SMILES string of the molecule is CC(=O)NC(C)=CSC1=C(C(=O)[O-])N2C(=O)[C@@H](CCO)[C@H]2C1.[Na+]. The first-order valence-electron chi connectivity index (χ1n) is 6.86. The van der Waals surface area contributed by atoms with E-state index in [-0.39, 0.29) is 65.6 Å². The predicted octanol–water partition coefficient (Wildman–Crippen LogP) is -3.70. The largest absolute Gasteiger partial charge is 1.00 e. The number of aliphatic hydroxyl groups excluding tert-OH is 1. The summed E-state index contributed by atoms with van der Waals surface area (Å²) in [5.74, 6) is -2.21. The van der Waals surface area contributed by atoms with Crippen molar-refractivity contribution in [3.8, 4) is 0 Å². The van der Waals surface area contributed by atoms with Crippen molar-refractivity contribution < 1.29 is 54.2 Å². The van der Waals surface area contributed by atoms with Crippen LogP contribution in [0.3, 0.4) is 0 Å². The fourth-order valence-electron chi connectivity index (χ4n) is 2.77. The van der Waals surface area contributed by atoms with Crippen molar-refractivity contribution in [1.29, 1.82) is 0 Å². The molecule has 0 saturated carbocycles. The van der Waals surface area contributed by atoms with E-state index in [9.17, 15) is 19.5 Å². The van der Waals surface area contributed by atoms with Gasteiger partial charge in [-0.3, -0.25) is 9.59 Å². The van der Waals surface area contributed by atoms with Gasteiger partial charge >= 0.3 is 29.6 Å². The number of aliphatic carboxylic acids is 1. The topological polar surface area (TPSA) is 110 Å². The van der Waals surface area contributed by atoms with Crippen molar-refractivity contribution in [2.75, 3.05) is 6.61 Å². The van der Waals surface area contributed by atoms with E-state index in [0.717, 1.165) is 0 Å². The summed E-state index contributed by atoms with van der Waals surface area (Å²) in [4.78, 5) is 36.0. The number of allylic oxidation sites excluding steroid dienone is 1. The molecule has 23 heavy (non-hydrogen) atoms. The van der Waals surface area contributed by atoms with Gasteiger partial charge in [0.25, 0.3) is 0 Å². The number of nitrogens with zero attached hydrogens (tertiary/aromatic N) is 1. The molecule has 0 aromatic carbocycles. The summed E-state index contributed by atoms with van der Waals surface area (Å²) in [6.45, 7) is 2.97. The number of carbonyl (C=O) groups is 3. The van der Waals surface area contributed by atoms with Gasteiger partial charge in [-0.25, -0.2) is 0 Å². The Morgan fingerprint density at radius 3 is 2.65 bits per heavy atom. The van der Waals surface area contributed by atoms with Crippen LogP contribution in [0.2, 0.25) is 0 Å². The third kappa shape index (κ3) is 4.19. The van der Waals surface area contributed by atoms with Crippen molar-refractivity contribution in [3.63, 3.8) is 0 Å². The number of thioether (sulfide) groups is 1. The van der Waals surface area contributed by atoms with Gasteiger partial charge in [0.15, 0.2) is 0 Å². The monoisotopic (exact) mass is 348 g/mol. The number of hydrogen-bond donors (Lipinski definition) is 2. The van der Waals surface area contributed by atoms with Crippen LogP contribution in [0.4, 0.5) is 0 Å². The summed E-state index contributed by atoms with van der Waals surface area (Å²) in [7, 11) is 0. The molecule has 1 fully saturated rings. The van der Waals surface area contributed by atoms with Gasteiger partial charge in [0.2, 0.25) is 11.8 Å². The molecule has 2 N–H and O–H groups in total. The molecular weight excluding hydrogens is 331 g/mol. The minimum Gasteiger partial charge on any atom is -0.543 e. The first-order valence-corrected chi connectivity index (χ1v) is 7.74. The number of β-lactam (4-membered cyclic amide) rings is 1. The van der Waals surface area contributed by atoms with Crippen molar-refractivity contribution in [3.05, 3.63) is 21.7 Å². The van der Waals surface area contributed by atoms with Crippen LogP contribution in [-0.2, 0) is 14.4 Å². The zero-order valence-electron chi connectivity index (χ0n) is 13.3. The number of hydrogen-bond acceptors (Lipinski definition) is 6. The van der Waals surface area contributed by atoms with E-state index in [1.807, 2.05) is 0 Å². The Morgan fingerprint density at radius 2 is 2.13 bits per heavy atom. The van der Waals surface area contributed by atoms with Gasteiger partial charge in [-0.1, -0.05) is 11.8 Å². The molecule has 2 rings (SSSR count). The molecule has 2 heterocycles. The summed E-state index contributed by atoms with van der Waals surface area (Å²) in [5.41, 5.74) is 0.497. The van der Waals surface area contributed by atoms with Gasteiger partial charge < -0.3 is 25.2 Å². The zero-order valence-corrected chi connectivity index (χ0v) is 16.1. The molecular formula is C14H17N2NaO5S. The molecule has 0 unspecified atom stereocenters. The average molecular weight is 348 g/mol. The molecule has 9 heteroatoms. The number of rotatable bonds is 6. The smallest absolute Gasteiger partial charge is 0.543 e. The van der Waals surface area contributed by atoms with Crippen LogP contribution in [0, 0.1) is 5.92 Å². The maximum Gasteiger partial charge on any atom is 1.00 e. The van der Waals surface area contributed by atoms with Gasteiger partial charge in [-0.05, 0) is 18.8 Å². The van der Waals surface area contributed by atoms with E-state index in [0.29, 0.717) is 23.4 Å². The second-order valence-electron chi connectivity index (χ2n) is 5.26.